The predicted molar refractivity (Wildman–Crippen MR) is 112 cm³/mol. The Morgan fingerprint density at radius 1 is 0.771 bits per heavy atom. The Morgan fingerprint density at radius 2 is 1.40 bits per heavy atom. The highest BCUT2D eigenvalue weighted by Gasteiger charge is 2.37. The van der Waals surface area contributed by atoms with Gasteiger partial charge in [-0.15, -0.1) is 0 Å². The average Bonchev–Trinajstić information content (AvgIpc) is 2.73. The second kappa shape index (κ2) is 9.31. The molecule has 1 atom stereocenters. The first-order valence-corrected chi connectivity index (χ1v) is 10.1. The highest BCUT2D eigenvalue weighted by Crippen LogP contribution is 2.37. The van der Waals surface area contributed by atoms with E-state index in [1.54, 1.807) is 0 Å². The summed E-state index contributed by atoms with van der Waals surface area (Å²) in [5, 5.41) is 2.72. The van der Waals surface area contributed by atoms with Gasteiger partial charge in [-0.25, -0.2) is 13.2 Å². The van der Waals surface area contributed by atoms with Gasteiger partial charge in [-0.3, -0.25) is 0 Å². The molecule has 0 heterocycles. The topological polar surface area (TPSA) is 12.0 Å². The molecule has 35 heavy (non-hydrogen) atoms. The Kier molecular flexibility index (Phi) is 6.97. The first kappa shape index (κ1) is 26.2. The molecule has 3 rings (SSSR count). The highest BCUT2D eigenvalue weighted by atomic mass is 19.4. The van der Waals surface area contributed by atoms with E-state index in [2.05, 4.69) is 11.9 Å². The summed E-state index contributed by atoms with van der Waals surface area (Å²) in [6.07, 6.45) is -10.2. The molecular weight excluding hydrogens is 485 g/mol. The molecule has 186 valence electrons. The van der Waals surface area contributed by atoms with E-state index < -0.39 is 46.5 Å². The quantitative estimate of drug-likeness (QED) is 0.338. The molecule has 0 aliphatic carbocycles. The van der Waals surface area contributed by atoms with Gasteiger partial charge in [0.25, 0.3) is 0 Å². The van der Waals surface area contributed by atoms with Crippen LogP contribution in [-0.2, 0) is 24.3 Å². The molecule has 1 N–H and O–H groups in total. The van der Waals surface area contributed by atoms with E-state index in [0.29, 0.717) is 18.2 Å². The third-order valence-electron chi connectivity index (χ3n) is 5.41. The zero-order chi connectivity index (χ0) is 26.2. The van der Waals surface area contributed by atoms with Crippen LogP contribution in [0.15, 0.2) is 67.2 Å². The van der Waals surface area contributed by atoms with E-state index in [9.17, 15) is 39.5 Å². The Hall–Kier alpha value is -3.43. The Bertz CT molecular complexity index is 1240. The zero-order valence-electron chi connectivity index (χ0n) is 18.1. The van der Waals surface area contributed by atoms with E-state index >= 15 is 0 Å². The maximum atomic E-state index is 14.4. The minimum absolute atomic E-state index is 0.0446. The monoisotopic (exact) mass is 503 g/mol. The molecule has 0 saturated heterocycles. The molecule has 0 bridgehead atoms. The second-order valence-electron chi connectivity index (χ2n) is 8.12. The van der Waals surface area contributed by atoms with Crippen molar-refractivity contribution in [2.24, 2.45) is 0 Å². The van der Waals surface area contributed by atoms with Crippen molar-refractivity contribution in [3.63, 3.8) is 0 Å². The molecule has 3 aromatic rings. The van der Waals surface area contributed by atoms with Crippen LogP contribution in [0, 0.1) is 17.5 Å². The number of halogens is 9. The molecule has 0 aliphatic heterocycles. The number of nitrogens with one attached hydrogen (secondary N) is 1. The Labute approximate surface area is 194 Å². The first-order valence-electron chi connectivity index (χ1n) is 10.1. The summed E-state index contributed by atoms with van der Waals surface area (Å²) in [4.78, 5) is 0. The normalized spacial score (nSPS) is 13.9. The van der Waals surface area contributed by atoms with Gasteiger partial charge in [-0.2, -0.15) is 26.3 Å². The van der Waals surface area contributed by atoms with Crippen molar-refractivity contribution in [1.29, 1.82) is 0 Å². The van der Waals surface area contributed by atoms with Crippen LogP contribution in [0.3, 0.4) is 0 Å². The SMILES string of the molecule is C=C(N[C@](C)(Cc1ccccc1F)c1cc(F)cc(C(F)(F)F)c1)c1ccc(F)c(C(F)(F)F)c1. The summed E-state index contributed by atoms with van der Waals surface area (Å²) < 4.78 is 122. The Morgan fingerprint density at radius 3 is 2.00 bits per heavy atom. The van der Waals surface area contributed by atoms with Gasteiger partial charge in [0.2, 0.25) is 0 Å². The fraction of sp³-hybridized carbons (Fsp3) is 0.200. The minimum atomic E-state index is -5.01. The minimum Gasteiger partial charge on any atom is -0.375 e. The van der Waals surface area contributed by atoms with Crippen LogP contribution in [0.2, 0.25) is 0 Å². The van der Waals surface area contributed by atoms with Crippen LogP contribution in [-0.4, -0.2) is 0 Å². The summed E-state index contributed by atoms with van der Waals surface area (Å²) in [6, 6.07) is 9.17. The molecule has 0 aromatic heterocycles. The van der Waals surface area contributed by atoms with Crippen LogP contribution in [0.1, 0.15) is 34.7 Å². The molecule has 0 spiro atoms. The van der Waals surface area contributed by atoms with Gasteiger partial charge >= 0.3 is 12.4 Å². The van der Waals surface area contributed by atoms with E-state index in [-0.39, 0.29) is 34.9 Å². The van der Waals surface area contributed by atoms with Gasteiger partial charge in [0.05, 0.1) is 16.7 Å². The lowest BCUT2D eigenvalue weighted by Gasteiger charge is -2.34. The zero-order valence-corrected chi connectivity index (χ0v) is 18.1. The van der Waals surface area contributed by atoms with Crippen molar-refractivity contribution < 1.29 is 39.5 Å². The number of benzene rings is 3. The summed E-state index contributed by atoms with van der Waals surface area (Å²) in [7, 11) is 0. The van der Waals surface area contributed by atoms with Gasteiger partial charge in [-0.05, 0) is 66.1 Å². The molecule has 0 aliphatic rings. The highest BCUT2D eigenvalue weighted by molar-refractivity contribution is 5.64. The van der Waals surface area contributed by atoms with Crippen LogP contribution >= 0.6 is 0 Å². The lowest BCUT2D eigenvalue weighted by atomic mass is 9.83. The largest absolute Gasteiger partial charge is 0.419 e. The van der Waals surface area contributed by atoms with Crippen molar-refractivity contribution in [3.8, 4) is 0 Å². The van der Waals surface area contributed by atoms with Crippen LogP contribution in [0.25, 0.3) is 5.70 Å². The molecule has 10 heteroatoms. The average molecular weight is 503 g/mol. The van der Waals surface area contributed by atoms with Crippen LogP contribution in [0.4, 0.5) is 39.5 Å². The first-order chi connectivity index (χ1) is 16.1. The van der Waals surface area contributed by atoms with Crippen molar-refractivity contribution in [1.82, 2.24) is 5.32 Å². The molecule has 0 unspecified atom stereocenters. The van der Waals surface area contributed by atoms with E-state index in [1.165, 1.54) is 25.1 Å². The lowest BCUT2D eigenvalue weighted by molar-refractivity contribution is -0.140. The molecule has 0 saturated carbocycles. The van der Waals surface area contributed by atoms with E-state index in [4.69, 9.17) is 0 Å². The molecule has 3 aromatic carbocycles. The van der Waals surface area contributed by atoms with Crippen molar-refractivity contribution in [3.05, 3.63) is 113 Å². The molecular formula is C25H18F9N. The predicted octanol–water partition coefficient (Wildman–Crippen LogP) is 7.86. The number of alkyl halides is 6. The summed E-state index contributed by atoms with van der Waals surface area (Å²) in [5.74, 6) is -3.44. The third-order valence-corrected chi connectivity index (χ3v) is 5.41. The molecule has 0 radical (unpaired) electrons. The van der Waals surface area contributed by atoms with Gasteiger partial charge in [-0.1, -0.05) is 24.8 Å². The van der Waals surface area contributed by atoms with E-state index in [0.717, 1.165) is 18.2 Å². The molecule has 1 nitrogen and oxygen atoms in total. The number of hydrogen-bond donors (Lipinski definition) is 1. The fourth-order valence-electron chi connectivity index (χ4n) is 3.65. The summed E-state index contributed by atoms with van der Waals surface area (Å²) >= 11 is 0. The maximum Gasteiger partial charge on any atom is 0.419 e. The molecule has 0 amide bonds. The number of hydrogen-bond acceptors (Lipinski definition) is 1. The van der Waals surface area contributed by atoms with Gasteiger partial charge < -0.3 is 5.32 Å². The van der Waals surface area contributed by atoms with Crippen LogP contribution < -0.4 is 5.32 Å². The fourth-order valence-corrected chi connectivity index (χ4v) is 3.65. The summed E-state index contributed by atoms with van der Waals surface area (Å²) in [6.45, 7) is 4.96. The second-order valence-corrected chi connectivity index (χ2v) is 8.12. The Balaban J connectivity index is 2.11. The van der Waals surface area contributed by atoms with Crippen molar-refractivity contribution >= 4 is 5.70 Å². The number of rotatable bonds is 6. The van der Waals surface area contributed by atoms with Gasteiger partial charge in [0.1, 0.15) is 17.5 Å². The molecule has 0 fully saturated rings. The smallest absolute Gasteiger partial charge is 0.375 e. The standard InChI is InChI=1S/C25H18F9N/c1-14(15-7-8-22(28)20(9-15)25(32,33)34)35-23(2,13-16-5-3-4-6-21(16)27)17-10-18(24(29,30)31)12-19(26)11-17/h3-12,35H,1,13H2,2H3/t23-/m1/s1. The van der Waals surface area contributed by atoms with Crippen molar-refractivity contribution in [2.45, 2.75) is 31.2 Å². The van der Waals surface area contributed by atoms with Gasteiger partial charge in [0, 0.05) is 12.1 Å². The van der Waals surface area contributed by atoms with Crippen molar-refractivity contribution in [2.75, 3.05) is 0 Å². The third kappa shape index (κ3) is 5.98. The maximum absolute atomic E-state index is 14.4. The van der Waals surface area contributed by atoms with E-state index in [1.807, 2.05) is 0 Å². The summed E-state index contributed by atoms with van der Waals surface area (Å²) in [5.41, 5.74) is -5.21. The van der Waals surface area contributed by atoms with Gasteiger partial charge in [0.15, 0.2) is 0 Å². The lowest BCUT2D eigenvalue weighted by Crippen LogP contribution is -2.41. The van der Waals surface area contributed by atoms with Crippen LogP contribution in [0.5, 0.6) is 0 Å².